The molecule has 0 aliphatic carbocycles. The number of aliphatic imine (C=N–C) groups is 1. The molecule has 5 N–H and O–H groups in total. The summed E-state index contributed by atoms with van der Waals surface area (Å²) in [4.78, 5) is 62.4. The number of hydrogen-bond donors (Lipinski definition) is 4. The van der Waals surface area contributed by atoms with Crippen LogP contribution in [-0.2, 0) is 41.5 Å². The van der Waals surface area contributed by atoms with Crippen LogP contribution in [0.15, 0.2) is 53.5 Å². The molecular formula is C49H69Cl3N12O7S. The maximum Gasteiger partial charge on any atom is 0.300 e. The summed E-state index contributed by atoms with van der Waals surface area (Å²) in [6.07, 6.45) is 12.2. The van der Waals surface area contributed by atoms with E-state index in [1.165, 1.54) is 22.9 Å². The Morgan fingerprint density at radius 3 is 1.90 bits per heavy atom. The Balaban J connectivity index is 0.000000211. The number of amidine groups is 1. The molecule has 72 heavy (non-hydrogen) atoms. The predicted molar refractivity (Wildman–Crippen MR) is 283 cm³/mol. The minimum atomic E-state index is -0.833. The fourth-order valence-electron chi connectivity index (χ4n) is 9.55. The number of H-pyrrole nitrogens is 1. The number of halogens is 3. The van der Waals surface area contributed by atoms with Crippen LogP contribution in [0.4, 0.5) is 11.9 Å². The van der Waals surface area contributed by atoms with Gasteiger partial charge in [0.05, 0.1) is 25.4 Å². The maximum atomic E-state index is 12.2. The van der Waals surface area contributed by atoms with Gasteiger partial charge in [-0.1, -0.05) is 59.2 Å². The lowest BCUT2D eigenvalue weighted by atomic mass is 9.96. The minimum Gasteiger partial charge on any atom is -0.481 e. The first-order valence-electron chi connectivity index (χ1n) is 24.4. The molecule has 23 heteroatoms. The Kier molecular flexibility index (Phi) is 24.1. The number of nitrogens with two attached hydrogens (primary N) is 1. The molecule has 0 radical (unpaired) electrons. The molecule has 6 fully saturated rings. The van der Waals surface area contributed by atoms with Crippen LogP contribution in [0.1, 0.15) is 69.4 Å². The van der Waals surface area contributed by atoms with Crippen LogP contribution < -0.4 is 16.0 Å². The summed E-state index contributed by atoms with van der Waals surface area (Å²) < 4.78 is 12.2. The first-order chi connectivity index (χ1) is 34.3. The number of carbonyl (C=O) groups excluding carboxylic acids is 3. The number of amides is 2. The van der Waals surface area contributed by atoms with E-state index < -0.39 is 5.97 Å². The van der Waals surface area contributed by atoms with Crippen LogP contribution in [-0.4, -0.2) is 184 Å². The second-order valence-corrected chi connectivity index (χ2v) is 20.0. The van der Waals surface area contributed by atoms with E-state index in [2.05, 4.69) is 59.6 Å². The Morgan fingerprint density at radius 2 is 1.42 bits per heavy atom. The molecule has 6 aliphatic rings. The molecule has 0 saturated carbocycles. The molecule has 4 atom stereocenters. The molecule has 394 valence electrons. The second kappa shape index (κ2) is 29.8. The molecule has 2 aromatic carbocycles. The summed E-state index contributed by atoms with van der Waals surface area (Å²) in [6.45, 7) is 10.4. The van der Waals surface area contributed by atoms with Crippen molar-refractivity contribution in [2.75, 3.05) is 95.6 Å². The number of benzene rings is 2. The maximum absolute atomic E-state index is 12.2. The average molecular weight is 1080 g/mol. The number of rotatable bonds is 10. The van der Waals surface area contributed by atoms with Crippen molar-refractivity contribution in [3.8, 4) is 6.19 Å². The molecule has 0 unspecified atom stereocenters. The van der Waals surface area contributed by atoms with Crippen LogP contribution in [0.25, 0.3) is 0 Å². The molecule has 19 nitrogen and oxygen atoms in total. The van der Waals surface area contributed by atoms with Crippen molar-refractivity contribution in [2.45, 2.75) is 101 Å². The van der Waals surface area contributed by atoms with Gasteiger partial charge in [-0.2, -0.15) is 10.2 Å². The number of ether oxygens (including phenoxy) is 2. The summed E-state index contributed by atoms with van der Waals surface area (Å²) in [5, 5.41) is 28.5. The fourth-order valence-corrected chi connectivity index (χ4v) is 10.4. The Labute approximate surface area is 442 Å². The Morgan fingerprint density at radius 1 is 0.861 bits per heavy atom. The van der Waals surface area contributed by atoms with E-state index in [1.807, 2.05) is 45.2 Å². The van der Waals surface area contributed by atoms with Crippen LogP contribution >= 0.6 is 47.4 Å². The third-order valence-electron chi connectivity index (χ3n) is 13.2. The SMILES string of the molecule is CC(=O)O.CSC(=NC#N)N1CCC(=O)CC1.Cl.Nc1nc(N2CCC(N3C[C@H](CN4CCCC4=O)OC[C@@H]3Cc3ccc(Cl)cc3)CC2)n[nH]1.O=C1CCCN1C[C@H]1CN[C@@H](Cc2ccc(Cl)cc2)CO1. The highest BCUT2D eigenvalue weighted by molar-refractivity contribution is 8.13. The largest absolute Gasteiger partial charge is 0.481 e. The number of carbonyl (C=O) groups is 4. The number of morpholine rings is 2. The van der Waals surface area contributed by atoms with Crippen LogP contribution in [0.5, 0.6) is 0 Å². The van der Waals surface area contributed by atoms with Crippen molar-refractivity contribution in [2.24, 2.45) is 4.99 Å². The third kappa shape index (κ3) is 18.6. The second-order valence-electron chi connectivity index (χ2n) is 18.4. The quantitative estimate of drug-likeness (QED) is 0.116. The van der Waals surface area contributed by atoms with Gasteiger partial charge in [-0.3, -0.25) is 24.1 Å². The van der Waals surface area contributed by atoms with Gasteiger partial charge in [-0.25, -0.2) is 5.10 Å². The monoisotopic (exact) mass is 1070 g/mol. The number of aromatic nitrogens is 3. The number of likely N-dealkylation sites (tertiary alicyclic amines) is 3. The number of aliphatic carboxylic acids is 1. The van der Waals surface area contributed by atoms with Crippen molar-refractivity contribution < 1.29 is 33.8 Å². The lowest BCUT2D eigenvalue weighted by molar-refractivity contribution is -0.134. The number of nitrogen functional groups attached to an aromatic ring is 1. The number of thioether (sulfide) groups is 1. The number of nitrogens with zero attached hydrogens (tertiary/aromatic N) is 9. The number of nitriles is 1. The van der Waals surface area contributed by atoms with E-state index in [1.54, 1.807) is 6.19 Å². The van der Waals surface area contributed by atoms with Gasteiger partial charge in [0.1, 0.15) is 5.78 Å². The van der Waals surface area contributed by atoms with Crippen LogP contribution in [0, 0.1) is 11.5 Å². The number of anilines is 2. The van der Waals surface area contributed by atoms with E-state index in [4.69, 9.17) is 53.6 Å². The number of carboxylic acid groups (broad SMARTS) is 1. The Hall–Kier alpha value is -4.72. The highest BCUT2D eigenvalue weighted by Gasteiger charge is 2.37. The lowest BCUT2D eigenvalue weighted by Gasteiger charge is -2.47. The van der Waals surface area contributed by atoms with Gasteiger partial charge in [-0.15, -0.1) is 22.5 Å². The molecule has 2 amide bonds. The zero-order valence-corrected chi connectivity index (χ0v) is 44.3. The highest BCUT2D eigenvalue weighted by Crippen LogP contribution is 2.28. The standard InChI is InChI=1S/C23H32ClN7O2.C16H21ClN2O2.C8H11N3OS.C2H4O2.ClH/c24-17-5-3-16(4-6-17)12-19-15-33-20(13-30-9-1-2-21(30)32)14-31(19)18-7-10-29(11-8-18)23-26-22(25)27-28-23;17-13-5-3-12(4-6-13)8-14-11-21-15(9-18-14)10-19-7-1-2-16(19)20;1-13-8(10-6-9)11-4-2-7(12)3-5-11;1-2(3)4;/h3-6,18-20H,1-2,7-15H2,(H3,25,26,27,28);3-6,14-15,18H,1-2,7-11H2;2-5H2,1H3;1H3,(H,3,4);1H/t19-,20-;14-,15+;;;/m00.../s1. The van der Waals surface area contributed by atoms with Gasteiger partial charge < -0.3 is 45.2 Å². The van der Waals surface area contributed by atoms with Gasteiger partial charge in [0, 0.05) is 126 Å². The number of piperidine rings is 2. The molecule has 1 aromatic heterocycles. The van der Waals surface area contributed by atoms with Crippen molar-refractivity contribution in [3.63, 3.8) is 0 Å². The highest BCUT2D eigenvalue weighted by atomic mass is 35.5. The summed E-state index contributed by atoms with van der Waals surface area (Å²) in [5.41, 5.74) is 8.23. The first-order valence-corrected chi connectivity index (χ1v) is 26.4. The van der Waals surface area contributed by atoms with Gasteiger partial charge >= 0.3 is 0 Å². The molecule has 0 bridgehead atoms. The van der Waals surface area contributed by atoms with Crippen molar-refractivity contribution in [3.05, 3.63) is 69.7 Å². The minimum absolute atomic E-state index is 0. The fraction of sp³-hybridized carbons (Fsp3) is 0.592. The van der Waals surface area contributed by atoms with Gasteiger partial charge in [0.25, 0.3) is 5.97 Å². The summed E-state index contributed by atoms with van der Waals surface area (Å²) in [6, 6.07) is 17.1. The van der Waals surface area contributed by atoms with E-state index in [-0.39, 0.29) is 36.4 Å². The smallest absolute Gasteiger partial charge is 0.300 e. The molecule has 3 aromatic rings. The van der Waals surface area contributed by atoms with E-state index in [0.29, 0.717) is 94.3 Å². The van der Waals surface area contributed by atoms with Crippen LogP contribution in [0.2, 0.25) is 10.0 Å². The molecule has 9 rings (SSSR count). The number of carboxylic acids is 1. The molecule has 0 spiro atoms. The predicted octanol–water partition coefficient (Wildman–Crippen LogP) is 5.17. The first kappa shape index (κ1) is 58.2. The topological polar surface area (TPSA) is 239 Å². The van der Waals surface area contributed by atoms with E-state index in [0.717, 1.165) is 106 Å². The number of ketones is 1. The lowest BCUT2D eigenvalue weighted by Crippen LogP contribution is -2.59. The average Bonchev–Trinajstić information content (AvgIpc) is 4.11. The Bertz CT molecular complexity index is 2240. The third-order valence-corrected chi connectivity index (χ3v) is 14.4. The van der Waals surface area contributed by atoms with Crippen molar-refractivity contribution in [1.29, 1.82) is 5.26 Å². The van der Waals surface area contributed by atoms with Gasteiger partial charge in [0.2, 0.25) is 29.9 Å². The zero-order valence-electron chi connectivity index (χ0n) is 41.1. The molecule has 6 saturated heterocycles. The number of aromatic amines is 1. The number of nitrogens with one attached hydrogen (secondary N) is 2. The molecule has 6 aliphatic heterocycles. The van der Waals surface area contributed by atoms with Gasteiger partial charge in [0.15, 0.2) is 5.17 Å². The number of hydrogen-bond acceptors (Lipinski definition) is 15. The summed E-state index contributed by atoms with van der Waals surface area (Å²) in [7, 11) is 0. The van der Waals surface area contributed by atoms with Crippen molar-refractivity contribution >= 4 is 88.0 Å². The molecular weight excluding hydrogens is 1010 g/mol. The van der Waals surface area contributed by atoms with E-state index in [9.17, 15) is 14.4 Å². The summed E-state index contributed by atoms with van der Waals surface area (Å²) in [5.74, 6) is 1.02. The normalized spacial score (nSPS) is 22.9. The van der Waals surface area contributed by atoms with Crippen molar-refractivity contribution in [1.82, 2.24) is 40.1 Å². The zero-order chi connectivity index (χ0) is 50.7. The number of Topliss-reactive ketones (excluding diaryl/α,β-unsaturated/α-hetero) is 1. The molecule has 7 heterocycles. The van der Waals surface area contributed by atoms with Gasteiger partial charge in [-0.05, 0) is 80.2 Å². The summed E-state index contributed by atoms with van der Waals surface area (Å²) >= 11 is 13.4. The van der Waals surface area contributed by atoms with E-state index >= 15 is 0 Å². The van der Waals surface area contributed by atoms with Crippen LogP contribution in [0.3, 0.4) is 0 Å².